The van der Waals surface area contributed by atoms with Crippen molar-refractivity contribution in [2.75, 3.05) is 19.4 Å². The fourth-order valence-electron chi connectivity index (χ4n) is 1.31. The summed E-state index contributed by atoms with van der Waals surface area (Å²) in [5, 5.41) is 3.09. The number of sulfonamides is 1. The monoisotopic (exact) mass is 267 g/mol. The molecule has 1 atom stereocenters. The van der Waals surface area contributed by atoms with E-state index >= 15 is 0 Å². The van der Waals surface area contributed by atoms with E-state index in [0.29, 0.717) is 12.2 Å². The Kier molecular flexibility index (Phi) is 4.70. The largest absolute Gasteiger partial charge is 0.367 e. The molecule has 0 aromatic carbocycles. The Balaban J connectivity index is 2.85. The summed E-state index contributed by atoms with van der Waals surface area (Å²) in [5.74, 6) is 3.15. The predicted octanol–water partition coefficient (Wildman–Crippen LogP) is 1.16. The van der Waals surface area contributed by atoms with Gasteiger partial charge in [0.05, 0.1) is 0 Å². The summed E-state index contributed by atoms with van der Waals surface area (Å²) in [7, 11) is -0.456. The van der Waals surface area contributed by atoms with Crippen LogP contribution in [0.3, 0.4) is 0 Å². The molecule has 6 heteroatoms. The van der Waals surface area contributed by atoms with E-state index in [2.05, 4.69) is 16.2 Å². The van der Waals surface area contributed by atoms with Crippen molar-refractivity contribution in [3.63, 3.8) is 0 Å². The highest BCUT2D eigenvalue weighted by atomic mass is 32.2. The number of pyridine rings is 1. The van der Waals surface area contributed by atoms with E-state index in [0.717, 1.165) is 4.31 Å². The lowest BCUT2D eigenvalue weighted by atomic mass is 10.2. The first kappa shape index (κ1) is 14.5. The first-order valence-electron chi connectivity index (χ1n) is 5.46. The van der Waals surface area contributed by atoms with Crippen LogP contribution in [0, 0.1) is 12.3 Å². The smallest absolute Gasteiger partial charge is 0.244 e. The van der Waals surface area contributed by atoms with Gasteiger partial charge in [-0.05, 0) is 19.1 Å². The summed E-state index contributed by atoms with van der Waals surface area (Å²) in [6, 6.07) is 3.25. The minimum absolute atomic E-state index is 0.0961. The van der Waals surface area contributed by atoms with Crippen LogP contribution in [0.4, 0.5) is 5.82 Å². The van der Waals surface area contributed by atoms with E-state index in [1.165, 1.54) is 26.4 Å². The molecular weight excluding hydrogens is 250 g/mol. The van der Waals surface area contributed by atoms with E-state index in [1.54, 1.807) is 6.07 Å². The van der Waals surface area contributed by atoms with Gasteiger partial charge in [-0.3, -0.25) is 0 Å². The molecule has 18 heavy (non-hydrogen) atoms. The Morgan fingerprint density at radius 1 is 1.50 bits per heavy atom. The minimum Gasteiger partial charge on any atom is -0.367 e. The Hall–Kier alpha value is -1.58. The van der Waals surface area contributed by atoms with E-state index in [9.17, 15) is 8.42 Å². The number of anilines is 1. The molecule has 0 radical (unpaired) electrons. The molecule has 0 fully saturated rings. The number of rotatable bonds is 5. The summed E-state index contributed by atoms with van der Waals surface area (Å²) in [5.41, 5.74) is 0. The molecule has 1 N–H and O–H groups in total. The van der Waals surface area contributed by atoms with Crippen molar-refractivity contribution in [3.8, 4) is 12.3 Å². The van der Waals surface area contributed by atoms with Crippen LogP contribution in [-0.4, -0.2) is 37.8 Å². The van der Waals surface area contributed by atoms with Crippen molar-refractivity contribution in [2.24, 2.45) is 0 Å². The Morgan fingerprint density at radius 3 is 2.61 bits per heavy atom. The molecule has 5 nitrogen and oxygen atoms in total. The average Bonchev–Trinajstić information content (AvgIpc) is 2.29. The van der Waals surface area contributed by atoms with Crippen molar-refractivity contribution < 1.29 is 8.42 Å². The number of nitrogens with one attached hydrogen (secondary N) is 1. The Morgan fingerprint density at radius 2 is 2.17 bits per heavy atom. The molecule has 0 spiro atoms. The van der Waals surface area contributed by atoms with Gasteiger partial charge in [0, 0.05) is 32.8 Å². The van der Waals surface area contributed by atoms with Gasteiger partial charge in [-0.25, -0.2) is 17.7 Å². The van der Waals surface area contributed by atoms with Crippen molar-refractivity contribution in [3.05, 3.63) is 18.3 Å². The minimum atomic E-state index is -3.42. The molecular formula is C12H17N3O2S. The zero-order chi connectivity index (χ0) is 13.8. The molecule has 0 aliphatic carbocycles. The Labute approximate surface area is 108 Å². The number of aromatic nitrogens is 1. The topological polar surface area (TPSA) is 62.3 Å². The third-order valence-electron chi connectivity index (χ3n) is 2.33. The fraction of sp³-hybridized carbons (Fsp3) is 0.417. The van der Waals surface area contributed by atoms with E-state index in [4.69, 9.17) is 6.42 Å². The van der Waals surface area contributed by atoms with Crippen LogP contribution in [0.1, 0.15) is 13.3 Å². The SMILES string of the molecule is C#CCC(C)Nc1ccc(S(=O)(=O)N(C)C)cn1. The molecule has 1 aromatic rings. The zero-order valence-corrected chi connectivity index (χ0v) is 11.5. The van der Waals surface area contributed by atoms with Gasteiger partial charge in [0.2, 0.25) is 10.0 Å². The van der Waals surface area contributed by atoms with Crippen molar-refractivity contribution in [1.82, 2.24) is 9.29 Å². The van der Waals surface area contributed by atoms with Crippen LogP contribution in [0.25, 0.3) is 0 Å². The zero-order valence-electron chi connectivity index (χ0n) is 10.7. The lowest BCUT2D eigenvalue weighted by molar-refractivity contribution is 0.520. The highest BCUT2D eigenvalue weighted by Crippen LogP contribution is 2.14. The van der Waals surface area contributed by atoms with Crippen LogP contribution in [0.5, 0.6) is 0 Å². The lowest BCUT2D eigenvalue weighted by Gasteiger charge is -2.13. The molecule has 0 aliphatic rings. The molecule has 1 unspecified atom stereocenters. The van der Waals surface area contributed by atoms with E-state index in [-0.39, 0.29) is 10.9 Å². The van der Waals surface area contributed by atoms with Gasteiger partial charge >= 0.3 is 0 Å². The van der Waals surface area contributed by atoms with Crippen LogP contribution < -0.4 is 5.32 Å². The van der Waals surface area contributed by atoms with Crippen LogP contribution in [0.2, 0.25) is 0 Å². The standard InChI is InChI=1S/C12H17N3O2S/c1-5-6-10(2)14-12-8-7-11(9-13-12)18(16,17)15(3)4/h1,7-10H,6H2,2-4H3,(H,13,14). The van der Waals surface area contributed by atoms with Gasteiger partial charge < -0.3 is 5.32 Å². The van der Waals surface area contributed by atoms with Crippen LogP contribution >= 0.6 is 0 Å². The number of nitrogens with zero attached hydrogens (tertiary/aromatic N) is 2. The summed E-state index contributed by atoms with van der Waals surface area (Å²) >= 11 is 0. The second-order valence-electron chi connectivity index (χ2n) is 4.12. The van der Waals surface area contributed by atoms with E-state index < -0.39 is 10.0 Å². The summed E-state index contributed by atoms with van der Waals surface area (Å²) in [4.78, 5) is 4.23. The average molecular weight is 267 g/mol. The van der Waals surface area contributed by atoms with Crippen molar-refractivity contribution >= 4 is 15.8 Å². The molecule has 0 amide bonds. The molecule has 98 valence electrons. The third kappa shape index (κ3) is 3.45. The molecule has 1 rings (SSSR count). The van der Waals surface area contributed by atoms with Gasteiger partial charge in [0.1, 0.15) is 10.7 Å². The Bertz CT molecular complexity index is 529. The van der Waals surface area contributed by atoms with Gasteiger partial charge in [0.15, 0.2) is 0 Å². The maximum atomic E-state index is 11.8. The quantitative estimate of drug-likeness (QED) is 0.813. The molecule has 1 aromatic heterocycles. The number of terminal acetylenes is 1. The summed E-state index contributed by atoms with van der Waals surface area (Å²) in [6.07, 6.45) is 7.12. The predicted molar refractivity (Wildman–Crippen MR) is 71.6 cm³/mol. The molecule has 0 aliphatic heterocycles. The maximum absolute atomic E-state index is 11.8. The molecule has 0 saturated heterocycles. The lowest BCUT2D eigenvalue weighted by Crippen LogP contribution is -2.22. The van der Waals surface area contributed by atoms with E-state index in [1.807, 2.05) is 6.92 Å². The highest BCUT2D eigenvalue weighted by molar-refractivity contribution is 7.89. The van der Waals surface area contributed by atoms with Gasteiger partial charge in [-0.2, -0.15) is 0 Å². The fourth-order valence-corrected chi connectivity index (χ4v) is 2.16. The second kappa shape index (κ2) is 5.85. The molecule has 0 saturated carbocycles. The van der Waals surface area contributed by atoms with Gasteiger partial charge in [-0.1, -0.05) is 0 Å². The highest BCUT2D eigenvalue weighted by Gasteiger charge is 2.17. The first-order chi connectivity index (χ1) is 8.37. The van der Waals surface area contributed by atoms with Crippen molar-refractivity contribution in [1.29, 1.82) is 0 Å². The second-order valence-corrected chi connectivity index (χ2v) is 6.27. The first-order valence-corrected chi connectivity index (χ1v) is 6.90. The van der Waals surface area contributed by atoms with Gasteiger partial charge in [0.25, 0.3) is 0 Å². The van der Waals surface area contributed by atoms with Crippen LogP contribution in [-0.2, 0) is 10.0 Å². The molecule has 0 bridgehead atoms. The number of hydrogen-bond acceptors (Lipinski definition) is 4. The summed E-state index contributed by atoms with van der Waals surface area (Å²) in [6.45, 7) is 1.94. The number of hydrogen-bond donors (Lipinski definition) is 1. The molecule has 1 heterocycles. The van der Waals surface area contributed by atoms with Crippen molar-refractivity contribution in [2.45, 2.75) is 24.3 Å². The van der Waals surface area contributed by atoms with Crippen LogP contribution in [0.15, 0.2) is 23.2 Å². The normalized spacial score (nSPS) is 13.1. The summed E-state index contributed by atoms with van der Waals surface area (Å²) < 4.78 is 24.8. The van der Waals surface area contributed by atoms with Gasteiger partial charge in [-0.15, -0.1) is 12.3 Å². The third-order valence-corrected chi connectivity index (χ3v) is 4.13. The maximum Gasteiger partial charge on any atom is 0.244 e.